The van der Waals surface area contributed by atoms with E-state index in [0.717, 1.165) is 56.7 Å². The Balaban J connectivity index is 1.56. The highest BCUT2D eigenvalue weighted by atomic mass is 16.2. The summed E-state index contributed by atoms with van der Waals surface area (Å²) in [6, 6.07) is 7.76. The van der Waals surface area contributed by atoms with E-state index in [1.807, 2.05) is 29.2 Å². The highest BCUT2D eigenvalue weighted by molar-refractivity contribution is 5.94. The molecule has 23 heavy (non-hydrogen) atoms. The molecule has 1 aromatic carbocycles. The van der Waals surface area contributed by atoms with E-state index < -0.39 is 0 Å². The van der Waals surface area contributed by atoms with Crippen LogP contribution in [0.3, 0.4) is 0 Å². The third-order valence-electron chi connectivity index (χ3n) is 4.85. The van der Waals surface area contributed by atoms with Gasteiger partial charge in [0.05, 0.1) is 0 Å². The molecule has 0 unspecified atom stereocenters. The van der Waals surface area contributed by atoms with Crippen LogP contribution < -0.4 is 4.90 Å². The lowest BCUT2D eigenvalue weighted by Gasteiger charge is -2.37. The summed E-state index contributed by atoms with van der Waals surface area (Å²) in [5.41, 5.74) is 1.87. The van der Waals surface area contributed by atoms with Gasteiger partial charge in [0.1, 0.15) is 0 Å². The van der Waals surface area contributed by atoms with Gasteiger partial charge in [-0.3, -0.25) is 9.59 Å². The molecule has 1 atom stereocenters. The van der Waals surface area contributed by atoms with Gasteiger partial charge in [-0.15, -0.1) is 0 Å². The van der Waals surface area contributed by atoms with E-state index in [2.05, 4.69) is 17.1 Å². The molecule has 0 saturated carbocycles. The Hall–Kier alpha value is -2.10. The van der Waals surface area contributed by atoms with Gasteiger partial charge in [-0.25, -0.2) is 0 Å². The van der Waals surface area contributed by atoms with Crippen molar-refractivity contribution in [3.05, 3.63) is 42.0 Å². The highest BCUT2D eigenvalue weighted by Gasteiger charge is 2.27. The number of nitrogens with zero attached hydrogens (tertiary/aromatic N) is 2. The van der Waals surface area contributed by atoms with Crippen molar-refractivity contribution in [2.45, 2.75) is 26.2 Å². The van der Waals surface area contributed by atoms with Crippen LogP contribution in [0.2, 0.25) is 0 Å². The maximum atomic E-state index is 12.6. The molecule has 0 bridgehead atoms. The Morgan fingerprint density at radius 1 is 1.00 bits per heavy atom. The SMILES string of the molecule is CC(=O)c1ccc(N2CCN(C(=O)[C@H]3CC=CCC3)CC2)cc1. The molecule has 1 heterocycles. The molecule has 0 N–H and O–H groups in total. The number of hydrogen-bond acceptors (Lipinski definition) is 3. The predicted molar refractivity (Wildman–Crippen MR) is 91.7 cm³/mol. The summed E-state index contributed by atoms with van der Waals surface area (Å²) >= 11 is 0. The molecule has 4 heteroatoms. The van der Waals surface area contributed by atoms with Crippen LogP contribution in [0.1, 0.15) is 36.5 Å². The summed E-state index contributed by atoms with van der Waals surface area (Å²) in [7, 11) is 0. The normalized spacial score (nSPS) is 21.3. The minimum atomic E-state index is 0.0912. The Labute approximate surface area is 137 Å². The molecule has 3 rings (SSSR count). The van der Waals surface area contributed by atoms with Gasteiger partial charge >= 0.3 is 0 Å². The minimum Gasteiger partial charge on any atom is -0.368 e. The molecule has 1 amide bonds. The summed E-state index contributed by atoms with van der Waals surface area (Å²) < 4.78 is 0. The fraction of sp³-hybridized carbons (Fsp3) is 0.474. The first-order valence-electron chi connectivity index (χ1n) is 8.45. The van der Waals surface area contributed by atoms with Gasteiger partial charge in [0.25, 0.3) is 0 Å². The first-order valence-corrected chi connectivity index (χ1v) is 8.45. The topological polar surface area (TPSA) is 40.6 Å². The zero-order valence-electron chi connectivity index (χ0n) is 13.7. The largest absolute Gasteiger partial charge is 0.368 e. The van der Waals surface area contributed by atoms with Crippen molar-refractivity contribution < 1.29 is 9.59 Å². The van der Waals surface area contributed by atoms with Crippen LogP contribution in [-0.2, 0) is 4.79 Å². The van der Waals surface area contributed by atoms with Gasteiger partial charge in [0, 0.05) is 43.3 Å². The van der Waals surface area contributed by atoms with Crippen molar-refractivity contribution in [1.82, 2.24) is 4.90 Å². The van der Waals surface area contributed by atoms with Crippen LogP contribution in [0, 0.1) is 5.92 Å². The third kappa shape index (κ3) is 3.63. The molecular formula is C19H24N2O2. The Morgan fingerprint density at radius 2 is 1.70 bits per heavy atom. The summed E-state index contributed by atoms with van der Waals surface area (Å²) in [6.07, 6.45) is 7.22. The predicted octanol–water partition coefficient (Wildman–Crippen LogP) is 2.89. The van der Waals surface area contributed by atoms with Crippen LogP contribution >= 0.6 is 0 Å². The Morgan fingerprint density at radius 3 is 2.26 bits per heavy atom. The standard InChI is InChI=1S/C19H24N2O2/c1-15(22)16-7-9-18(10-8-16)20-11-13-21(14-12-20)19(23)17-5-3-2-4-6-17/h2-3,7-10,17H,4-6,11-14H2,1H3/t17-/m0/s1. The molecule has 2 aliphatic rings. The fourth-order valence-corrected chi connectivity index (χ4v) is 3.37. The average Bonchev–Trinajstić information content (AvgIpc) is 2.62. The first kappa shape index (κ1) is 15.8. The molecule has 0 aromatic heterocycles. The zero-order valence-corrected chi connectivity index (χ0v) is 13.7. The number of allylic oxidation sites excluding steroid dienone is 2. The van der Waals surface area contributed by atoms with E-state index in [-0.39, 0.29) is 11.7 Å². The lowest BCUT2D eigenvalue weighted by Crippen LogP contribution is -2.50. The van der Waals surface area contributed by atoms with Crippen molar-refractivity contribution >= 4 is 17.4 Å². The van der Waals surface area contributed by atoms with Crippen LogP contribution in [-0.4, -0.2) is 42.8 Å². The summed E-state index contributed by atoms with van der Waals surface area (Å²) in [4.78, 5) is 28.2. The maximum Gasteiger partial charge on any atom is 0.226 e. The number of amides is 1. The van der Waals surface area contributed by atoms with Gasteiger partial charge in [-0.2, -0.15) is 0 Å². The number of carbonyl (C=O) groups excluding carboxylic acids is 2. The lowest BCUT2D eigenvalue weighted by atomic mass is 9.93. The monoisotopic (exact) mass is 312 g/mol. The second kappa shape index (κ2) is 6.99. The number of benzene rings is 1. The zero-order chi connectivity index (χ0) is 16.2. The molecule has 4 nitrogen and oxygen atoms in total. The number of rotatable bonds is 3. The van der Waals surface area contributed by atoms with Gasteiger partial charge < -0.3 is 9.80 Å². The molecule has 1 aliphatic heterocycles. The molecular weight excluding hydrogens is 288 g/mol. The van der Waals surface area contributed by atoms with Gasteiger partial charge in [-0.1, -0.05) is 12.2 Å². The van der Waals surface area contributed by atoms with Crippen LogP contribution in [0.25, 0.3) is 0 Å². The number of Topliss-reactive ketones (excluding diaryl/α,β-unsaturated/α-hetero) is 1. The lowest BCUT2D eigenvalue weighted by molar-refractivity contribution is -0.136. The molecule has 122 valence electrons. The average molecular weight is 312 g/mol. The van der Waals surface area contributed by atoms with Crippen molar-refractivity contribution in [3.8, 4) is 0 Å². The van der Waals surface area contributed by atoms with E-state index in [0.29, 0.717) is 5.91 Å². The second-order valence-corrected chi connectivity index (χ2v) is 6.40. The van der Waals surface area contributed by atoms with Gasteiger partial charge in [0.2, 0.25) is 5.91 Å². The van der Waals surface area contributed by atoms with Gasteiger partial charge in [0.15, 0.2) is 5.78 Å². The van der Waals surface area contributed by atoms with E-state index >= 15 is 0 Å². The van der Waals surface area contributed by atoms with Crippen LogP contribution in [0.5, 0.6) is 0 Å². The fourth-order valence-electron chi connectivity index (χ4n) is 3.37. The summed E-state index contributed by atoms with van der Waals surface area (Å²) in [5, 5.41) is 0. The maximum absolute atomic E-state index is 12.6. The third-order valence-corrected chi connectivity index (χ3v) is 4.85. The number of carbonyl (C=O) groups is 2. The molecule has 1 aliphatic carbocycles. The van der Waals surface area contributed by atoms with Crippen molar-refractivity contribution in [2.75, 3.05) is 31.1 Å². The smallest absolute Gasteiger partial charge is 0.226 e. The number of ketones is 1. The second-order valence-electron chi connectivity index (χ2n) is 6.40. The molecule has 1 aromatic rings. The van der Waals surface area contributed by atoms with Crippen molar-refractivity contribution in [1.29, 1.82) is 0 Å². The molecule has 0 radical (unpaired) electrons. The molecule has 1 fully saturated rings. The Kier molecular flexibility index (Phi) is 4.79. The van der Waals surface area contributed by atoms with E-state index in [1.54, 1.807) is 6.92 Å². The molecule has 0 spiro atoms. The van der Waals surface area contributed by atoms with E-state index in [1.165, 1.54) is 0 Å². The van der Waals surface area contributed by atoms with Crippen molar-refractivity contribution in [3.63, 3.8) is 0 Å². The van der Waals surface area contributed by atoms with Crippen LogP contribution in [0.4, 0.5) is 5.69 Å². The number of hydrogen-bond donors (Lipinski definition) is 0. The highest BCUT2D eigenvalue weighted by Crippen LogP contribution is 2.23. The van der Waals surface area contributed by atoms with Crippen LogP contribution in [0.15, 0.2) is 36.4 Å². The minimum absolute atomic E-state index is 0.0912. The number of anilines is 1. The van der Waals surface area contributed by atoms with Gasteiger partial charge in [-0.05, 0) is 50.5 Å². The quantitative estimate of drug-likeness (QED) is 0.636. The molecule has 1 saturated heterocycles. The number of piperazine rings is 1. The Bertz CT molecular complexity index is 598. The summed E-state index contributed by atoms with van der Waals surface area (Å²) in [5.74, 6) is 0.593. The van der Waals surface area contributed by atoms with E-state index in [4.69, 9.17) is 0 Å². The van der Waals surface area contributed by atoms with E-state index in [9.17, 15) is 9.59 Å². The van der Waals surface area contributed by atoms with Crippen molar-refractivity contribution in [2.24, 2.45) is 5.92 Å². The summed E-state index contributed by atoms with van der Waals surface area (Å²) in [6.45, 7) is 4.86. The first-order chi connectivity index (χ1) is 11.1.